The number of esters is 5. The van der Waals surface area contributed by atoms with Gasteiger partial charge >= 0.3 is 29.8 Å². The van der Waals surface area contributed by atoms with Crippen LogP contribution in [0.4, 0.5) is 0 Å². The van der Waals surface area contributed by atoms with Crippen LogP contribution < -0.4 is 9.47 Å². The van der Waals surface area contributed by atoms with Gasteiger partial charge in [0.05, 0.1) is 20.8 Å². The van der Waals surface area contributed by atoms with E-state index in [1.165, 1.54) is 33.3 Å². The van der Waals surface area contributed by atoms with Crippen molar-refractivity contribution in [2.24, 2.45) is 0 Å². The van der Waals surface area contributed by atoms with E-state index < -0.39 is 67.0 Å². The van der Waals surface area contributed by atoms with Crippen LogP contribution in [0.1, 0.15) is 56.6 Å². The van der Waals surface area contributed by atoms with Crippen molar-refractivity contribution in [2.75, 3.05) is 27.4 Å². The van der Waals surface area contributed by atoms with E-state index in [4.69, 9.17) is 37.9 Å². The molecule has 13 nitrogen and oxygen atoms in total. The van der Waals surface area contributed by atoms with Gasteiger partial charge in [-0.2, -0.15) is 0 Å². The molecular weight excluding hydrogens is 508 g/mol. The minimum Gasteiger partial charge on any atom is -0.493 e. The second kappa shape index (κ2) is 13.6. The van der Waals surface area contributed by atoms with Crippen LogP contribution in [-0.2, 0) is 47.6 Å². The van der Waals surface area contributed by atoms with Crippen LogP contribution in [0.3, 0.4) is 0 Å². The van der Waals surface area contributed by atoms with Gasteiger partial charge in [0.25, 0.3) is 0 Å². The number of benzene rings is 1. The zero-order valence-electron chi connectivity index (χ0n) is 22.3. The summed E-state index contributed by atoms with van der Waals surface area (Å²) in [6.45, 7) is 5.86. The van der Waals surface area contributed by atoms with Gasteiger partial charge in [0.2, 0.25) is 0 Å². The number of rotatable bonds is 10. The van der Waals surface area contributed by atoms with Crippen molar-refractivity contribution in [2.45, 2.75) is 65.1 Å². The molecule has 2 rings (SSSR count). The van der Waals surface area contributed by atoms with Crippen molar-refractivity contribution in [3.8, 4) is 11.5 Å². The van der Waals surface area contributed by atoms with E-state index in [1.54, 1.807) is 6.92 Å². The Hall–Kier alpha value is -3.87. The number of methoxy groups -OCH3 is 2. The van der Waals surface area contributed by atoms with Crippen LogP contribution in [0.15, 0.2) is 12.1 Å². The normalized spacial score (nSPS) is 22.4. The van der Waals surface area contributed by atoms with Crippen LogP contribution in [0, 0.1) is 0 Å². The van der Waals surface area contributed by atoms with Crippen molar-refractivity contribution in [1.29, 1.82) is 0 Å². The van der Waals surface area contributed by atoms with Crippen molar-refractivity contribution in [3.05, 3.63) is 23.3 Å². The van der Waals surface area contributed by atoms with Gasteiger partial charge in [0, 0.05) is 27.7 Å². The van der Waals surface area contributed by atoms with Crippen LogP contribution >= 0.6 is 0 Å². The lowest BCUT2D eigenvalue weighted by molar-refractivity contribution is -0.254. The quantitative estimate of drug-likeness (QED) is 0.312. The molecule has 0 amide bonds. The monoisotopic (exact) mass is 540 g/mol. The van der Waals surface area contributed by atoms with Crippen LogP contribution in [-0.4, -0.2) is 81.7 Å². The number of hydrogen-bond acceptors (Lipinski definition) is 13. The topological polar surface area (TPSA) is 159 Å². The zero-order valence-corrected chi connectivity index (χ0v) is 22.3. The summed E-state index contributed by atoms with van der Waals surface area (Å²) in [6, 6.07) is 2.86. The molecule has 0 aromatic heterocycles. The molecule has 0 spiro atoms. The molecule has 1 fully saturated rings. The highest BCUT2D eigenvalue weighted by Crippen LogP contribution is 2.42. The van der Waals surface area contributed by atoms with Crippen molar-refractivity contribution in [3.63, 3.8) is 0 Å². The first-order chi connectivity index (χ1) is 17.9. The minimum atomic E-state index is -1.38. The first kappa shape index (κ1) is 30.4. The molecule has 0 aliphatic carbocycles. The van der Waals surface area contributed by atoms with E-state index in [0.717, 1.165) is 20.8 Å². The summed E-state index contributed by atoms with van der Waals surface area (Å²) in [6.07, 6.45) is -6.44. The minimum absolute atomic E-state index is 0.0171. The molecule has 1 aliphatic heterocycles. The molecule has 3 unspecified atom stereocenters. The standard InChI is InChI=1S/C25H32O13/c1-8-33-25(30)17-9-16(10-18(31-6)21(17)32-7)20-23(36-14(4)28)24(37-15(5)29)22(35-13(3)27)19(38-20)11-34-12(2)26/h9-10,19-20,22-24H,8,11H2,1-7H3/t19?,20-,22+,23?,24?/m0/s1. The Bertz CT molecular complexity index is 1050. The summed E-state index contributed by atoms with van der Waals surface area (Å²) in [5, 5.41) is 0. The molecule has 0 saturated carbocycles. The largest absolute Gasteiger partial charge is 0.493 e. The molecular formula is C25H32O13. The van der Waals surface area contributed by atoms with Gasteiger partial charge < -0.3 is 37.9 Å². The van der Waals surface area contributed by atoms with E-state index >= 15 is 0 Å². The predicted molar refractivity (Wildman–Crippen MR) is 126 cm³/mol. The average molecular weight is 541 g/mol. The first-order valence-corrected chi connectivity index (χ1v) is 11.7. The summed E-state index contributed by atoms with van der Waals surface area (Å²) in [5.41, 5.74) is 0.222. The lowest BCUT2D eigenvalue weighted by Gasteiger charge is -2.44. The lowest BCUT2D eigenvalue weighted by Crippen LogP contribution is -2.59. The molecule has 1 aromatic carbocycles. The Labute approximate surface area is 219 Å². The molecule has 13 heteroatoms. The smallest absolute Gasteiger partial charge is 0.342 e. The van der Waals surface area contributed by atoms with Crippen molar-refractivity contribution in [1.82, 2.24) is 0 Å². The van der Waals surface area contributed by atoms with Gasteiger partial charge in [-0.25, -0.2) is 4.79 Å². The number of carbonyl (C=O) groups excluding carboxylic acids is 5. The molecule has 0 bridgehead atoms. The fourth-order valence-corrected chi connectivity index (χ4v) is 4.01. The SMILES string of the molecule is CCOC(=O)c1cc([C@@H]2OC(COC(C)=O)[C@@H](OC(C)=O)C(OC(C)=O)C2OC(C)=O)cc(OC)c1OC. The first-order valence-electron chi connectivity index (χ1n) is 11.7. The molecule has 1 saturated heterocycles. The summed E-state index contributed by atoms with van der Waals surface area (Å²) < 4.78 is 43.5. The molecule has 0 N–H and O–H groups in total. The summed E-state index contributed by atoms with van der Waals surface area (Å²) in [5.74, 6) is -3.44. The Kier molecular flexibility index (Phi) is 10.9. The highest BCUT2D eigenvalue weighted by Gasteiger charge is 2.52. The Morgan fingerprint density at radius 1 is 0.763 bits per heavy atom. The summed E-state index contributed by atoms with van der Waals surface area (Å²) in [4.78, 5) is 60.4. The maximum absolute atomic E-state index is 12.7. The summed E-state index contributed by atoms with van der Waals surface area (Å²) >= 11 is 0. The number of hydrogen-bond donors (Lipinski definition) is 0. The third-order valence-corrected chi connectivity index (χ3v) is 5.32. The third-order valence-electron chi connectivity index (χ3n) is 5.32. The van der Waals surface area contributed by atoms with E-state index in [0.29, 0.717) is 0 Å². The second-order valence-electron chi connectivity index (χ2n) is 8.14. The maximum atomic E-state index is 12.7. The number of ether oxygens (including phenoxy) is 8. The molecule has 210 valence electrons. The average Bonchev–Trinajstić information content (AvgIpc) is 2.83. The third kappa shape index (κ3) is 7.57. The number of carbonyl (C=O) groups is 5. The van der Waals surface area contributed by atoms with E-state index in [1.807, 2.05) is 0 Å². The van der Waals surface area contributed by atoms with Gasteiger partial charge in [0.15, 0.2) is 29.8 Å². The van der Waals surface area contributed by atoms with Crippen LogP contribution in [0.2, 0.25) is 0 Å². The van der Waals surface area contributed by atoms with Crippen LogP contribution in [0.25, 0.3) is 0 Å². The lowest BCUT2D eigenvalue weighted by atomic mass is 9.89. The molecule has 1 aromatic rings. The fourth-order valence-electron chi connectivity index (χ4n) is 4.01. The fraction of sp³-hybridized carbons (Fsp3) is 0.560. The highest BCUT2D eigenvalue weighted by atomic mass is 16.7. The molecule has 5 atom stereocenters. The Morgan fingerprint density at radius 2 is 1.34 bits per heavy atom. The van der Waals surface area contributed by atoms with Crippen molar-refractivity contribution >= 4 is 29.8 Å². The van der Waals surface area contributed by atoms with Crippen LogP contribution in [0.5, 0.6) is 11.5 Å². The second-order valence-corrected chi connectivity index (χ2v) is 8.14. The van der Waals surface area contributed by atoms with Gasteiger partial charge in [-0.1, -0.05) is 0 Å². The van der Waals surface area contributed by atoms with Crippen molar-refractivity contribution < 1.29 is 61.9 Å². The molecule has 0 radical (unpaired) electrons. The van der Waals surface area contributed by atoms with E-state index in [2.05, 4.69) is 0 Å². The molecule has 1 heterocycles. The highest BCUT2D eigenvalue weighted by molar-refractivity contribution is 5.94. The van der Waals surface area contributed by atoms with Gasteiger partial charge in [-0.05, 0) is 24.6 Å². The molecule has 38 heavy (non-hydrogen) atoms. The Balaban J connectivity index is 2.75. The predicted octanol–water partition coefficient (Wildman–Crippen LogP) is 1.68. The van der Waals surface area contributed by atoms with Gasteiger partial charge in [-0.15, -0.1) is 0 Å². The molecule has 1 aliphatic rings. The summed E-state index contributed by atoms with van der Waals surface area (Å²) in [7, 11) is 2.69. The Morgan fingerprint density at radius 3 is 1.84 bits per heavy atom. The van der Waals surface area contributed by atoms with E-state index in [-0.39, 0.29) is 29.2 Å². The maximum Gasteiger partial charge on any atom is 0.342 e. The van der Waals surface area contributed by atoms with Gasteiger partial charge in [-0.3, -0.25) is 19.2 Å². The van der Waals surface area contributed by atoms with E-state index in [9.17, 15) is 24.0 Å². The zero-order chi connectivity index (χ0) is 28.6. The van der Waals surface area contributed by atoms with Gasteiger partial charge in [0.1, 0.15) is 24.4 Å².